The molecule has 1 saturated carbocycles. The predicted octanol–water partition coefficient (Wildman–Crippen LogP) is 0.424. The van der Waals surface area contributed by atoms with E-state index in [9.17, 15) is 9.59 Å². The minimum atomic E-state index is -0.375. The summed E-state index contributed by atoms with van der Waals surface area (Å²) in [4.78, 5) is 22.6. The summed E-state index contributed by atoms with van der Waals surface area (Å²) in [6.07, 6.45) is 2.01. The van der Waals surface area contributed by atoms with Crippen LogP contribution in [0.1, 0.15) is 33.6 Å². The lowest BCUT2D eigenvalue weighted by Crippen LogP contribution is -2.51. The van der Waals surface area contributed by atoms with E-state index in [0.29, 0.717) is 13.1 Å². The summed E-state index contributed by atoms with van der Waals surface area (Å²) in [5.41, 5.74) is 5.12. The van der Waals surface area contributed by atoms with Crippen molar-refractivity contribution in [1.29, 1.82) is 0 Å². The van der Waals surface area contributed by atoms with Gasteiger partial charge in [0, 0.05) is 19.0 Å². The van der Waals surface area contributed by atoms with Crippen molar-refractivity contribution in [3.63, 3.8) is 0 Å². The van der Waals surface area contributed by atoms with Crippen LogP contribution in [0.4, 0.5) is 0 Å². The Morgan fingerprint density at radius 1 is 1.28 bits per heavy atom. The lowest BCUT2D eigenvalue weighted by molar-refractivity contribution is -0.122. The summed E-state index contributed by atoms with van der Waals surface area (Å²) >= 11 is 0. The molecule has 18 heavy (non-hydrogen) atoms. The van der Waals surface area contributed by atoms with Gasteiger partial charge in [-0.25, -0.2) is 0 Å². The number of amides is 2. The zero-order chi connectivity index (χ0) is 13.1. The van der Waals surface area contributed by atoms with Gasteiger partial charge < -0.3 is 16.4 Å². The van der Waals surface area contributed by atoms with Gasteiger partial charge >= 0.3 is 0 Å². The summed E-state index contributed by atoms with van der Waals surface area (Å²) in [7, 11) is 0. The van der Waals surface area contributed by atoms with Crippen molar-refractivity contribution in [2.45, 2.75) is 39.7 Å². The van der Waals surface area contributed by atoms with E-state index in [1.54, 1.807) is 0 Å². The van der Waals surface area contributed by atoms with Crippen molar-refractivity contribution >= 4 is 24.2 Å². The zero-order valence-electron chi connectivity index (χ0n) is 11.3. The third-order valence-corrected chi connectivity index (χ3v) is 2.87. The Hall–Kier alpha value is -0.810. The van der Waals surface area contributed by atoms with E-state index in [1.165, 1.54) is 0 Å². The zero-order valence-corrected chi connectivity index (χ0v) is 12.1. The molecule has 0 bridgehead atoms. The molecule has 1 fully saturated rings. The highest BCUT2D eigenvalue weighted by Crippen LogP contribution is 2.28. The molecule has 0 aliphatic heterocycles. The van der Waals surface area contributed by atoms with Crippen LogP contribution in [0.5, 0.6) is 0 Å². The van der Waals surface area contributed by atoms with Crippen LogP contribution in [0.25, 0.3) is 0 Å². The molecule has 0 saturated heterocycles. The van der Waals surface area contributed by atoms with E-state index < -0.39 is 0 Å². The fourth-order valence-corrected chi connectivity index (χ4v) is 1.73. The number of rotatable bonds is 6. The first-order valence-corrected chi connectivity index (χ1v) is 6.13. The van der Waals surface area contributed by atoms with Crippen molar-refractivity contribution in [2.24, 2.45) is 17.1 Å². The monoisotopic (exact) mass is 277 g/mol. The third-order valence-electron chi connectivity index (χ3n) is 2.87. The molecule has 0 spiro atoms. The summed E-state index contributed by atoms with van der Waals surface area (Å²) in [5.74, 6) is -0.00578. The molecule has 0 heterocycles. The molecule has 4 N–H and O–H groups in total. The normalized spacial score (nSPS) is 16.6. The molecule has 2 amide bonds. The van der Waals surface area contributed by atoms with Gasteiger partial charge in [0.25, 0.3) is 0 Å². The van der Waals surface area contributed by atoms with Gasteiger partial charge in [0.2, 0.25) is 11.8 Å². The number of carbonyl (C=O) groups is 2. The second-order valence-corrected chi connectivity index (χ2v) is 5.72. The number of primary amides is 1. The fraction of sp³-hybridized carbons (Fsp3) is 0.833. The van der Waals surface area contributed by atoms with Gasteiger partial charge in [0.1, 0.15) is 0 Å². The third kappa shape index (κ3) is 5.69. The van der Waals surface area contributed by atoms with Crippen LogP contribution in [0, 0.1) is 11.3 Å². The van der Waals surface area contributed by atoms with Crippen LogP contribution in [-0.2, 0) is 9.59 Å². The van der Waals surface area contributed by atoms with Gasteiger partial charge in [-0.3, -0.25) is 9.59 Å². The van der Waals surface area contributed by atoms with Crippen LogP contribution in [0.2, 0.25) is 0 Å². The van der Waals surface area contributed by atoms with Crippen LogP contribution in [0.15, 0.2) is 0 Å². The quantitative estimate of drug-likeness (QED) is 0.616. The van der Waals surface area contributed by atoms with Crippen molar-refractivity contribution in [2.75, 3.05) is 13.1 Å². The van der Waals surface area contributed by atoms with Crippen LogP contribution >= 0.6 is 12.4 Å². The Labute approximate surface area is 115 Å². The molecule has 1 rings (SSSR count). The van der Waals surface area contributed by atoms with Crippen LogP contribution < -0.4 is 16.4 Å². The number of hydrogen-bond acceptors (Lipinski definition) is 3. The number of carbonyl (C=O) groups excluding carboxylic acids is 2. The van der Waals surface area contributed by atoms with Crippen LogP contribution in [0.3, 0.4) is 0 Å². The first kappa shape index (κ1) is 17.2. The fourth-order valence-electron chi connectivity index (χ4n) is 1.73. The standard InChI is InChI=1S/C12H23N3O2.ClH/c1-12(2,3)9(10(13)16)14-6-7-15-11(17)8-4-5-8;/h8-9,14H,4-7H2,1-3H3,(H2,13,16)(H,15,17);1H/t9-;/m1./s1. The molecule has 1 aliphatic rings. The lowest BCUT2D eigenvalue weighted by atomic mass is 9.86. The van der Waals surface area contributed by atoms with Gasteiger partial charge in [-0.2, -0.15) is 0 Å². The maximum absolute atomic E-state index is 11.4. The Morgan fingerprint density at radius 3 is 2.22 bits per heavy atom. The van der Waals surface area contributed by atoms with E-state index >= 15 is 0 Å². The van der Waals surface area contributed by atoms with E-state index in [-0.39, 0.29) is 41.6 Å². The number of nitrogens with one attached hydrogen (secondary N) is 2. The minimum absolute atomic E-state index is 0. The van der Waals surface area contributed by atoms with E-state index in [2.05, 4.69) is 10.6 Å². The van der Waals surface area contributed by atoms with Gasteiger partial charge in [0.05, 0.1) is 6.04 Å². The Bertz CT molecular complexity index is 298. The van der Waals surface area contributed by atoms with Gasteiger partial charge in [-0.05, 0) is 18.3 Å². The number of nitrogens with two attached hydrogens (primary N) is 1. The maximum Gasteiger partial charge on any atom is 0.235 e. The van der Waals surface area contributed by atoms with Crippen molar-refractivity contribution in [3.05, 3.63) is 0 Å². The maximum atomic E-state index is 11.4. The Balaban J connectivity index is 0.00000289. The molecule has 0 radical (unpaired) electrons. The molecule has 1 aliphatic carbocycles. The summed E-state index contributed by atoms with van der Waals surface area (Å²) in [6, 6.07) is -0.375. The average molecular weight is 278 g/mol. The highest BCUT2D eigenvalue weighted by Gasteiger charge is 2.30. The summed E-state index contributed by atoms with van der Waals surface area (Å²) in [6.45, 7) is 6.97. The Morgan fingerprint density at radius 2 is 1.83 bits per heavy atom. The van der Waals surface area contributed by atoms with E-state index in [4.69, 9.17) is 5.73 Å². The van der Waals surface area contributed by atoms with Crippen molar-refractivity contribution < 1.29 is 9.59 Å². The van der Waals surface area contributed by atoms with Crippen LogP contribution in [-0.4, -0.2) is 30.9 Å². The molecule has 1 atom stereocenters. The van der Waals surface area contributed by atoms with Gasteiger partial charge in [0.15, 0.2) is 0 Å². The predicted molar refractivity (Wildman–Crippen MR) is 73.4 cm³/mol. The molecule has 6 heteroatoms. The molecular weight excluding hydrogens is 254 g/mol. The first-order chi connectivity index (χ1) is 7.82. The molecule has 106 valence electrons. The van der Waals surface area contributed by atoms with Crippen molar-refractivity contribution in [1.82, 2.24) is 10.6 Å². The summed E-state index contributed by atoms with van der Waals surface area (Å²) < 4.78 is 0. The topological polar surface area (TPSA) is 84.2 Å². The van der Waals surface area contributed by atoms with Gasteiger partial charge in [-0.1, -0.05) is 20.8 Å². The minimum Gasteiger partial charge on any atom is -0.368 e. The highest BCUT2D eigenvalue weighted by atomic mass is 35.5. The molecule has 0 unspecified atom stereocenters. The van der Waals surface area contributed by atoms with Crippen molar-refractivity contribution in [3.8, 4) is 0 Å². The second kappa shape index (κ2) is 6.95. The van der Waals surface area contributed by atoms with E-state index in [0.717, 1.165) is 12.8 Å². The van der Waals surface area contributed by atoms with Gasteiger partial charge in [-0.15, -0.1) is 12.4 Å². The summed E-state index contributed by atoms with van der Waals surface area (Å²) in [5, 5.41) is 5.92. The Kier molecular flexibility index (Phi) is 6.63. The first-order valence-electron chi connectivity index (χ1n) is 6.13. The second-order valence-electron chi connectivity index (χ2n) is 5.72. The largest absolute Gasteiger partial charge is 0.368 e. The lowest BCUT2D eigenvalue weighted by Gasteiger charge is -2.28. The molecule has 0 aromatic carbocycles. The average Bonchev–Trinajstić information content (AvgIpc) is 2.97. The number of halogens is 1. The molecular formula is C12H24ClN3O2. The highest BCUT2D eigenvalue weighted by molar-refractivity contribution is 5.85. The SMILES string of the molecule is CC(C)(C)[C@H](NCCNC(=O)C1CC1)C(N)=O.Cl. The molecule has 0 aromatic heterocycles. The smallest absolute Gasteiger partial charge is 0.235 e. The number of hydrogen-bond donors (Lipinski definition) is 3. The van der Waals surface area contributed by atoms with E-state index in [1.807, 2.05) is 20.8 Å². The molecule has 0 aromatic rings. The molecule has 5 nitrogen and oxygen atoms in total.